The van der Waals surface area contributed by atoms with Crippen LogP contribution in [0.1, 0.15) is 156 Å². The zero-order chi connectivity index (χ0) is 113. The lowest BCUT2D eigenvalue weighted by Crippen LogP contribution is -2.62. The van der Waals surface area contributed by atoms with Gasteiger partial charge in [0, 0.05) is 25.9 Å². The van der Waals surface area contributed by atoms with Crippen LogP contribution in [0.25, 0.3) is 0 Å². The number of nitrogens with one attached hydrogen (secondary N) is 23. The number of carbonyl (C=O) groups is 22. The van der Waals surface area contributed by atoms with Gasteiger partial charge in [-0.05, 0) is 167 Å². The Morgan fingerprint density at radius 3 is 1.05 bits per heavy atom. The standard InChI is InChI=1S/C88H153N31O29S/c1-43(2)66(116-64(129)38-101-72(133)58(36-62(94)127)113-75(136)54(25-18-33-100-88(97)98)111-84(145)68(46(5)124)118-71(132)49(92)40-120)82(143)102-39-65(130)117-67(45(4)123)83(144)103-37-63(128)105-56(28-34-149-7)78(139)107-51(22-12-15-30-90)74(135)108-52(23-13-16-31-91)79(140)119-69(47(6)125)85(146)114-59(41-121)81(142)112-57(35-48-19-9-8-10-20-48)80(141)110-55(26-27-61(93)126)77(138)109-53(24-17-32-99-87(95)96)73(134)104-44(3)70(131)106-50(21-11-14-29-89)76(137)115-60(42-122)86(147)148/h8-10,19-20,43-47,49-60,66-69,120-125H,11-18,21-42,89-92H2,1-7H3,(H2,93,126)(H2,94,127)(H,101,133)(H,102,143)(H,103,144)(H,104,134)(H,105,128)(H,106,131)(H,107,139)(H,108,135)(H,109,138)(H,110,141)(H,111,145)(H,112,142)(H,113,136)(H,114,146)(H,115,137)(H,116,129)(H,117,130)(H,118,132)(H,119,140)(H,147,148)(H4,95,96,99)(H4,97,98,100)/t44-,45+,46+,47+,49-,50-,51-,52-,53-,54-,55-,56-,57-,58-,59-,60-,66-,67-,68-,69-/m0/s1. The minimum absolute atomic E-state index is 0.00634. The number of guanidine groups is 2. The SMILES string of the molecule is CSCC[C@H](NC(=O)CNC(=O)[C@@H](NC(=O)CNC(=O)[C@@H](NC(=O)CNC(=O)[C@H](CC(N)=O)NC(=O)[C@H](CCCNC(=N)N)NC(=O)[C@@H](NC(=O)[C@@H](N)CO)[C@@H](C)O)C(C)C)[C@@H](C)O)C(=O)N[C@@H](CCCCN)C(=O)N[C@@H](CCCCN)C(=O)N[C@H](C(=O)N[C@@H](CO)C(=O)N[C@@H](Cc1ccccc1)C(=O)N[C@@H](CCC(N)=O)C(=O)N[C@@H](CCCNC(=N)N)C(=O)N[C@@H](C)C(=O)N[C@@H](CCCCN)C(=O)N[C@@H](CO)C(=O)O)[C@@H](C)O. The lowest BCUT2D eigenvalue weighted by Gasteiger charge is -2.29. The molecule has 0 unspecified atom stereocenters. The average molecular weight is 2140 g/mol. The van der Waals surface area contributed by atoms with E-state index >= 15 is 0 Å². The molecule has 0 bridgehead atoms. The summed E-state index contributed by atoms with van der Waals surface area (Å²) in [6.07, 6.45) is -5.41. The van der Waals surface area contributed by atoms with Crippen molar-refractivity contribution >= 4 is 154 Å². The summed E-state index contributed by atoms with van der Waals surface area (Å²) in [6, 6.07) is -20.5. The highest BCUT2D eigenvalue weighted by molar-refractivity contribution is 7.98. The van der Waals surface area contributed by atoms with Gasteiger partial charge in [0.2, 0.25) is 124 Å². The van der Waals surface area contributed by atoms with E-state index < -0.39 is 328 Å². The number of carbonyl (C=O) groups excluding carboxylic acids is 21. The predicted molar refractivity (Wildman–Crippen MR) is 535 cm³/mol. The first-order chi connectivity index (χ1) is 70.2. The molecular weight excluding hydrogens is 1990 g/mol. The van der Waals surface area contributed by atoms with Crippen LogP contribution in [0.2, 0.25) is 0 Å². The molecule has 21 amide bonds. The summed E-state index contributed by atoms with van der Waals surface area (Å²) >= 11 is 1.24. The van der Waals surface area contributed by atoms with E-state index in [1.165, 1.54) is 44.7 Å². The van der Waals surface area contributed by atoms with Crippen LogP contribution in [0.5, 0.6) is 0 Å². The quantitative estimate of drug-likeness (QED) is 0.0164. The first-order valence-electron chi connectivity index (χ1n) is 48.1. The van der Waals surface area contributed by atoms with Gasteiger partial charge in [-0.3, -0.25) is 112 Å². The van der Waals surface area contributed by atoms with Gasteiger partial charge in [0.25, 0.3) is 0 Å². The largest absolute Gasteiger partial charge is 0.480 e. The molecular formula is C88H153N31O29S. The van der Waals surface area contributed by atoms with Crippen molar-refractivity contribution in [1.29, 1.82) is 10.8 Å². The zero-order valence-corrected chi connectivity index (χ0v) is 85.2. The van der Waals surface area contributed by atoms with Crippen LogP contribution in [0, 0.1) is 16.7 Å². The molecule has 0 spiro atoms. The molecule has 20 atom stereocenters. The van der Waals surface area contributed by atoms with Crippen LogP contribution in [-0.4, -0.2) is 383 Å². The van der Waals surface area contributed by atoms with Gasteiger partial charge in [0.1, 0.15) is 103 Å². The highest BCUT2D eigenvalue weighted by Gasteiger charge is 2.41. The highest BCUT2D eigenvalue weighted by Crippen LogP contribution is 2.15. The summed E-state index contributed by atoms with van der Waals surface area (Å²) in [6.45, 7) is 1.91. The van der Waals surface area contributed by atoms with Crippen molar-refractivity contribution in [3.8, 4) is 0 Å². The third-order valence-electron chi connectivity index (χ3n) is 22.1. The Morgan fingerprint density at radius 1 is 0.329 bits per heavy atom. The number of unbranched alkanes of at least 4 members (excludes halogenated alkanes) is 3. The maximum absolute atomic E-state index is 14.7. The van der Waals surface area contributed by atoms with Gasteiger partial charge in [0.05, 0.1) is 64.2 Å². The van der Waals surface area contributed by atoms with E-state index in [4.69, 9.17) is 56.7 Å². The average Bonchev–Trinajstić information content (AvgIpc) is 0.846. The van der Waals surface area contributed by atoms with Gasteiger partial charge in [0.15, 0.2) is 11.9 Å². The van der Waals surface area contributed by atoms with E-state index in [9.17, 15) is 141 Å². The van der Waals surface area contributed by atoms with Crippen molar-refractivity contribution in [1.82, 2.24) is 112 Å². The minimum atomic E-state index is -2.02. The summed E-state index contributed by atoms with van der Waals surface area (Å²) in [5.41, 5.74) is 44.8. The molecule has 61 heteroatoms. The van der Waals surface area contributed by atoms with Gasteiger partial charge in [-0.25, -0.2) is 4.79 Å². The van der Waals surface area contributed by atoms with Gasteiger partial charge in [-0.2, -0.15) is 11.8 Å². The lowest BCUT2D eigenvalue weighted by atomic mass is 10.0. The maximum atomic E-state index is 14.7. The Morgan fingerprint density at radius 2 is 0.658 bits per heavy atom. The molecule has 1 rings (SSSR count). The zero-order valence-electron chi connectivity index (χ0n) is 84.4. The second kappa shape index (κ2) is 72.4. The maximum Gasteiger partial charge on any atom is 0.328 e. The Hall–Kier alpha value is -13.9. The van der Waals surface area contributed by atoms with Crippen LogP contribution in [0.4, 0.5) is 0 Å². The molecule has 149 heavy (non-hydrogen) atoms. The molecule has 1 aromatic rings. The summed E-state index contributed by atoms with van der Waals surface area (Å²) in [4.78, 5) is 299. The van der Waals surface area contributed by atoms with E-state index in [2.05, 4.69) is 112 Å². The molecule has 0 fully saturated rings. The number of carboxylic acid groups (broad SMARTS) is 1. The van der Waals surface area contributed by atoms with Gasteiger partial charge in [-0.15, -0.1) is 0 Å². The van der Waals surface area contributed by atoms with Gasteiger partial charge in [-0.1, -0.05) is 44.2 Å². The van der Waals surface area contributed by atoms with Crippen molar-refractivity contribution in [3.63, 3.8) is 0 Å². The molecule has 0 heterocycles. The second-order valence-corrected chi connectivity index (χ2v) is 36.1. The molecule has 0 aromatic heterocycles. The highest BCUT2D eigenvalue weighted by atomic mass is 32.2. The Kier molecular flexibility index (Phi) is 64.6. The monoisotopic (exact) mass is 2140 g/mol. The van der Waals surface area contributed by atoms with Gasteiger partial charge < -0.3 is 193 Å². The third-order valence-corrected chi connectivity index (χ3v) is 22.8. The van der Waals surface area contributed by atoms with Crippen LogP contribution in [0.3, 0.4) is 0 Å². The number of primary amides is 2. The summed E-state index contributed by atoms with van der Waals surface area (Å²) < 4.78 is 0. The molecule has 0 saturated carbocycles. The molecule has 1 aromatic carbocycles. The summed E-state index contributed by atoms with van der Waals surface area (Å²) in [5.74, 6) is -26.0. The van der Waals surface area contributed by atoms with E-state index in [0.717, 1.165) is 20.8 Å². The summed E-state index contributed by atoms with van der Waals surface area (Å²) in [5, 5.41) is 136. The molecule has 0 aliphatic carbocycles. The number of thioether (sulfide) groups is 1. The van der Waals surface area contributed by atoms with E-state index in [1.54, 1.807) is 24.5 Å². The predicted octanol–water partition coefficient (Wildman–Crippen LogP) is -16.7. The van der Waals surface area contributed by atoms with Crippen LogP contribution < -0.4 is 158 Å². The molecule has 0 saturated heterocycles. The van der Waals surface area contributed by atoms with Gasteiger partial charge >= 0.3 is 5.97 Å². The number of carboxylic acids is 1. The van der Waals surface area contributed by atoms with Crippen LogP contribution >= 0.6 is 11.8 Å². The fraction of sp³-hybridized carbons (Fsp3) is 0.659. The van der Waals surface area contributed by atoms with Crippen LogP contribution in [-0.2, 0) is 112 Å². The number of rotatable bonds is 76. The smallest absolute Gasteiger partial charge is 0.328 e. The number of aliphatic hydroxyl groups excluding tert-OH is 6. The molecule has 0 aliphatic rings. The Bertz CT molecular complexity index is 4590. The lowest BCUT2D eigenvalue weighted by molar-refractivity contribution is -0.143. The van der Waals surface area contributed by atoms with Crippen molar-refractivity contribution in [2.75, 3.05) is 84.2 Å². The van der Waals surface area contributed by atoms with E-state index in [-0.39, 0.29) is 122 Å². The first-order valence-corrected chi connectivity index (χ1v) is 49.5. The van der Waals surface area contributed by atoms with E-state index in [0.29, 0.717) is 18.4 Å². The Labute approximate surface area is 863 Å². The fourth-order valence-electron chi connectivity index (χ4n) is 13.8. The molecule has 0 radical (unpaired) electrons. The van der Waals surface area contributed by atoms with Crippen molar-refractivity contribution in [3.05, 3.63) is 35.9 Å². The number of hydrogen-bond acceptors (Lipinski definition) is 35. The minimum Gasteiger partial charge on any atom is -0.480 e. The van der Waals surface area contributed by atoms with Crippen molar-refractivity contribution in [2.24, 2.45) is 51.8 Å². The van der Waals surface area contributed by atoms with E-state index in [1.807, 2.05) is 0 Å². The number of aliphatic hydroxyl groups is 6. The normalized spacial score (nSPS) is 15.1. The summed E-state index contributed by atoms with van der Waals surface area (Å²) in [7, 11) is 0. The second-order valence-electron chi connectivity index (χ2n) is 35.1. The number of hydrogen-bond donors (Lipinski definition) is 38. The number of amides is 21. The molecule has 840 valence electrons. The number of benzene rings is 1. The van der Waals surface area contributed by atoms with Crippen LogP contribution in [0.15, 0.2) is 30.3 Å². The van der Waals surface area contributed by atoms with Crippen molar-refractivity contribution < 1.29 is 141 Å². The topological polar surface area (TPSA) is 1030 Å². The number of aliphatic carboxylic acids is 1. The molecule has 60 nitrogen and oxygen atoms in total. The first kappa shape index (κ1) is 133. The third kappa shape index (κ3) is 53.5. The molecule has 0 aliphatic heterocycles. The number of nitrogens with two attached hydrogens (primary N) is 8. The Balaban J connectivity index is 3.49. The molecule has 46 N–H and O–H groups in total. The van der Waals surface area contributed by atoms with Crippen molar-refractivity contribution in [2.45, 2.75) is 278 Å². The fourth-order valence-corrected chi connectivity index (χ4v) is 14.3.